The summed E-state index contributed by atoms with van der Waals surface area (Å²) in [5.74, 6) is -8.39. The number of alkyl halides is 27. The lowest BCUT2D eigenvalue weighted by atomic mass is 10.0. The van der Waals surface area contributed by atoms with Crippen LogP contribution in [0.15, 0.2) is 146 Å². The highest BCUT2D eigenvalue weighted by Crippen LogP contribution is 2.47. The van der Waals surface area contributed by atoms with Crippen molar-refractivity contribution in [2.24, 2.45) is 0 Å². The minimum atomic E-state index is -4.97. The van der Waals surface area contributed by atoms with E-state index in [0.29, 0.717) is 56.3 Å². The van der Waals surface area contributed by atoms with E-state index in [9.17, 15) is 157 Å². The Labute approximate surface area is 824 Å². The molecule has 5 aliphatic rings. The lowest BCUT2D eigenvalue weighted by molar-refractivity contribution is -0.142. The number of carboxylic acid groups (broad SMARTS) is 2. The Morgan fingerprint density at radius 1 is 0.315 bits per heavy atom. The number of fused-ring (bicyclic) bond motifs is 5. The van der Waals surface area contributed by atoms with E-state index in [4.69, 9.17) is 5.11 Å². The van der Waals surface area contributed by atoms with Crippen molar-refractivity contribution < 1.29 is 177 Å². The van der Waals surface area contributed by atoms with Crippen molar-refractivity contribution in [2.45, 2.75) is 173 Å². The third-order valence-electron chi connectivity index (χ3n) is 23.4. The van der Waals surface area contributed by atoms with Gasteiger partial charge in [0, 0.05) is 91.6 Å². The van der Waals surface area contributed by atoms with Gasteiger partial charge in [0.2, 0.25) is 0 Å². The fourth-order valence-electron chi connectivity index (χ4n) is 16.7. The molecule has 0 aliphatic carbocycles. The molecule has 0 radical (unpaired) electrons. The van der Waals surface area contributed by atoms with Crippen LogP contribution in [0.3, 0.4) is 0 Å². The summed E-state index contributed by atoms with van der Waals surface area (Å²) in [5, 5.41) is 43.7. The average Bonchev–Trinajstić information content (AvgIpc) is 1.62. The molecular weight excluding hydrogens is 2060 g/mol. The second-order valence-electron chi connectivity index (χ2n) is 33.8. The lowest BCUT2D eigenvalue weighted by Gasteiger charge is -2.31. The van der Waals surface area contributed by atoms with Gasteiger partial charge in [-0.1, -0.05) is 72.8 Å². The van der Waals surface area contributed by atoms with E-state index >= 15 is 0 Å². The molecule has 802 valence electrons. The number of benzene rings is 6. The Hall–Kier alpha value is -15.2. The van der Waals surface area contributed by atoms with Crippen LogP contribution in [0.2, 0.25) is 0 Å². The molecule has 2 atom stereocenters. The molecule has 0 unspecified atom stereocenters. The van der Waals surface area contributed by atoms with Gasteiger partial charge in [0.15, 0.2) is 28.5 Å². The van der Waals surface area contributed by atoms with Crippen LogP contribution >= 0.6 is 0 Å². The highest BCUT2D eigenvalue weighted by Gasteiger charge is 2.51. The zero-order valence-corrected chi connectivity index (χ0v) is 77.9. The lowest BCUT2D eigenvalue weighted by Crippen LogP contribution is -2.35. The minimum absolute atomic E-state index is 0.00238. The Morgan fingerprint density at radius 2 is 0.577 bits per heavy atom. The van der Waals surface area contributed by atoms with Gasteiger partial charge in [-0.3, -0.25) is 9.59 Å². The zero-order chi connectivity index (χ0) is 110. The SMILES string of the molecule is COC(=O)c1c(C(F)(F)F)nn2c1N(Cc1cccc(C(F)(F)F)c1)CCC2.COC(=O)c1c(C(F)(F)F)nn2c1NCCC2.COC(=O)c1ccc([C@H](C)NC(=O)c2c(C(F)(F)F)nn3c2N(Cc2cccc(C(F)(F)F)c2)CCC3)cc1.C[C@H](NC(=O)c1c(C(F)(F)F)nn2c1N(Cc1cccc(C(F)(F)F)c1)CCC2)c1ccc(C(=O)O)cc1.O=C(O)c1c(C(F)(F)F)nn2c1N(Cc1cccc(C(F)(F)F)c1)CCC2. The Bertz CT molecular complexity index is 6710. The summed E-state index contributed by atoms with van der Waals surface area (Å²) >= 11 is 0. The van der Waals surface area contributed by atoms with Gasteiger partial charge in [-0.15, -0.1) is 0 Å². The van der Waals surface area contributed by atoms with Crippen molar-refractivity contribution in [2.75, 3.05) is 79.0 Å². The van der Waals surface area contributed by atoms with Crippen LogP contribution in [0.5, 0.6) is 0 Å². The Morgan fingerprint density at radius 3 is 0.866 bits per heavy atom. The molecule has 29 nitrogen and oxygen atoms in total. The summed E-state index contributed by atoms with van der Waals surface area (Å²) in [4.78, 5) is 89.8. The normalized spacial score (nSPS) is 14.7. The van der Waals surface area contributed by atoms with Crippen molar-refractivity contribution in [1.82, 2.24) is 59.5 Å². The number of amides is 2. The first-order valence-electron chi connectivity index (χ1n) is 44.3. The smallest absolute Gasteiger partial charge is 0.436 e. The average molecular weight is 2140 g/mol. The third-order valence-corrected chi connectivity index (χ3v) is 23.4. The third kappa shape index (κ3) is 26.7. The number of nitrogens with one attached hydrogen (secondary N) is 3. The number of nitrogens with zero attached hydrogens (tertiary/aromatic N) is 14. The number of carboxylic acids is 2. The molecule has 0 spiro atoms. The van der Waals surface area contributed by atoms with E-state index in [1.807, 2.05) is 0 Å². The van der Waals surface area contributed by atoms with Gasteiger partial charge in [-0.05, 0) is 152 Å². The first-order valence-corrected chi connectivity index (χ1v) is 44.3. The number of hydrogen-bond donors (Lipinski definition) is 5. The molecule has 149 heavy (non-hydrogen) atoms. The molecule has 10 heterocycles. The number of halogens is 27. The molecule has 11 aromatic rings. The maximum atomic E-state index is 14.0. The summed E-state index contributed by atoms with van der Waals surface area (Å²) in [6.45, 7) is 4.63. The van der Waals surface area contributed by atoms with Crippen molar-refractivity contribution in [3.05, 3.63) is 269 Å². The van der Waals surface area contributed by atoms with Crippen LogP contribution in [0.1, 0.15) is 215 Å². The van der Waals surface area contributed by atoms with Gasteiger partial charge in [-0.2, -0.15) is 144 Å². The van der Waals surface area contributed by atoms with Crippen LogP contribution in [0, 0.1) is 0 Å². The number of methoxy groups -OCH3 is 3. The van der Waals surface area contributed by atoms with Gasteiger partial charge in [0.05, 0.1) is 66.8 Å². The van der Waals surface area contributed by atoms with E-state index in [1.165, 1.54) is 131 Å². The Balaban J connectivity index is 0.000000169. The van der Waals surface area contributed by atoms with Gasteiger partial charge >= 0.3 is 85.4 Å². The van der Waals surface area contributed by atoms with Crippen LogP contribution in [-0.4, -0.2) is 155 Å². The first-order chi connectivity index (χ1) is 69.5. The second kappa shape index (κ2) is 44.4. The number of carbonyl (C=O) groups is 7. The van der Waals surface area contributed by atoms with E-state index in [2.05, 4.69) is 55.7 Å². The van der Waals surface area contributed by atoms with E-state index < -0.39 is 188 Å². The summed E-state index contributed by atoms with van der Waals surface area (Å²) in [6, 6.07) is 27.8. The fourth-order valence-corrected chi connectivity index (χ4v) is 16.7. The number of esters is 3. The molecule has 6 aromatic carbocycles. The molecule has 16 rings (SSSR count). The first kappa shape index (κ1) is 113. The predicted octanol–water partition coefficient (Wildman–Crippen LogP) is 20.8. The van der Waals surface area contributed by atoms with E-state index in [1.54, 1.807) is 6.92 Å². The molecule has 0 saturated heterocycles. The number of ether oxygens (including phenoxy) is 3. The number of aryl methyl sites for hydroxylation is 5. The van der Waals surface area contributed by atoms with Gasteiger partial charge < -0.3 is 60.0 Å². The summed E-state index contributed by atoms with van der Waals surface area (Å²) in [5.41, 5.74) is -12.0. The number of hydrogen-bond acceptors (Lipinski definition) is 20. The summed E-state index contributed by atoms with van der Waals surface area (Å²) < 4.78 is 377. The maximum Gasteiger partial charge on any atom is 0.436 e. The molecule has 5 aliphatic heterocycles. The summed E-state index contributed by atoms with van der Waals surface area (Å²) in [7, 11) is 3.21. The molecule has 56 heteroatoms. The van der Waals surface area contributed by atoms with Crippen LogP contribution in [0.4, 0.5) is 148 Å². The highest BCUT2D eigenvalue weighted by molar-refractivity contribution is 6.02. The molecular formula is C93H84F27N17O12. The largest absolute Gasteiger partial charge is 0.478 e. The number of aromatic nitrogens is 10. The van der Waals surface area contributed by atoms with E-state index in [0.717, 1.165) is 86.2 Å². The van der Waals surface area contributed by atoms with Crippen molar-refractivity contribution in [1.29, 1.82) is 0 Å². The molecule has 5 aromatic heterocycles. The zero-order valence-electron chi connectivity index (χ0n) is 77.9. The second-order valence-corrected chi connectivity index (χ2v) is 33.8. The van der Waals surface area contributed by atoms with Crippen LogP contribution < -0.4 is 35.6 Å². The van der Waals surface area contributed by atoms with Crippen molar-refractivity contribution in [3.63, 3.8) is 0 Å². The van der Waals surface area contributed by atoms with Crippen LogP contribution in [0.25, 0.3) is 0 Å². The standard InChI is InChI=1S/C26H24F6N4O3.C25H22F6N4O3.C17H15F6N3O2.C16H13F6N3O2.C9H10F3N3O2/c1-15(17-7-9-18(10-8-17)24(38)39-2)33-22(37)20-21(26(30,31)32)34-36-12-4-11-35(23(20)36)14-16-5-3-6-19(13-16)25(27,28)29;1-14(16-6-8-17(9-7-16)23(37)38)32-21(36)19-20(25(29,30)31)33-35-11-3-10-34(22(19)35)13-15-4-2-5-18(12-15)24(26,27)28;1-28-15(27)12-13(17(21,22)23)24-26-7-3-6-25(14(12)26)9-10-4-2-5-11(8-10)16(18,19)20;17-15(18,19)10-4-1-3-9(7-10)8-24-5-2-6-25-13(24)11(14(26)27)12(23-25)16(20,21)22;1-17-8(16)5-6(9(10,11)12)14-15-4-2-3-13-7(5)15/h3,5-10,13,15H,4,11-12,14H2,1-2H3,(H,33,37);2,4-9,12,14H,3,10-11,13H2,1H3,(H,32,36)(H,37,38);2,4-5,8H,3,6-7,9H2,1H3;1,3-4,7H,2,5-6,8H2,(H,26,27);13H,2-4H2,1H3/t15-;14-;;;/m00.../s1. The molecule has 5 N–H and O–H groups in total. The topological polar surface area (TPSA) is 326 Å². The van der Waals surface area contributed by atoms with Crippen molar-refractivity contribution in [3.8, 4) is 0 Å². The minimum Gasteiger partial charge on any atom is -0.478 e. The molecule has 0 fully saturated rings. The van der Waals surface area contributed by atoms with Gasteiger partial charge in [-0.25, -0.2) is 47.4 Å². The quantitative estimate of drug-likeness (QED) is 0.0285. The highest BCUT2D eigenvalue weighted by atomic mass is 19.4. The number of aromatic carboxylic acids is 2. The molecule has 0 bridgehead atoms. The van der Waals surface area contributed by atoms with Crippen molar-refractivity contribution >= 4 is 70.8 Å². The van der Waals surface area contributed by atoms with Gasteiger partial charge in [0.25, 0.3) is 11.8 Å². The fraction of sp³-hybridized carbons (Fsp3) is 0.376. The number of carbonyl (C=O) groups excluding carboxylic acids is 5. The number of rotatable bonds is 19. The number of anilines is 5. The monoisotopic (exact) mass is 2140 g/mol. The van der Waals surface area contributed by atoms with Gasteiger partial charge in [0.1, 0.15) is 56.9 Å². The maximum absolute atomic E-state index is 14.0. The Kier molecular flexibility index (Phi) is 33.6. The molecule has 2 amide bonds. The summed E-state index contributed by atoms with van der Waals surface area (Å²) in [6.07, 6.45) is -40.5. The van der Waals surface area contributed by atoms with E-state index in [-0.39, 0.29) is 141 Å². The molecule has 0 saturated carbocycles. The van der Waals surface area contributed by atoms with Crippen LogP contribution in [-0.2, 0) is 129 Å². The predicted molar refractivity (Wildman–Crippen MR) is 470 cm³/mol.